The number of nitrogens with zero attached hydrogens (tertiary/aromatic N) is 1. The van der Waals surface area contributed by atoms with Gasteiger partial charge in [-0.25, -0.2) is 0 Å². The molecule has 0 spiro atoms. The number of methoxy groups -OCH3 is 1. The second kappa shape index (κ2) is 6.09. The minimum atomic E-state index is -1.84. The number of ether oxygens (including phenoxy) is 1. The van der Waals surface area contributed by atoms with Crippen LogP contribution in [0.5, 0.6) is 5.75 Å². The third-order valence-electron chi connectivity index (χ3n) is 4.38. The average Bonchev–Trinajstić information content (AvgIpc) is 2.82. The fraction of sp³-hybridized carbons (Fsp3) is 0.263. The maximum Gasteiger partial charge on any atom is 0.264 e. The van der Waals surface area contributed by atoms with E-state index in [1.165, 1.54) is 12.0 Å². The Balaban J connectivity index is 2.00. The summed E-state index contributed by atoms with van der Waals surface area (Å²) in [7, 11) is 1.48. The van der Waals surface area contributed by atoms with Gasteiger partial charge in [0.1, 0.15) is 5.75 Å². The molecule has 0 radical (unpaired) electrons. The Labute approximate surface area is 140 Å². The Morgan fingerprint density at radius 2 is 1.83 bits per heavy atom. The van der Waals surface area contributed by atoms with Gasteiger partial charge in [0, 0.05) is 12.1 Å². The van der Waals surface area contributed by atoms with Crippen molar-refractivity contribution in [3.8, 4) is 5.75 Å². The van der Waals surface area contributed by atoms with Crippen molar-refractivity contribution in [3.05, 3.63) is 59.7 Å². The lowest BCUT2D eigenvalue weighted by atomic mass is 9.88. The van der Waals surface area contributed by atoms with Crippen LogP contribution in [0.2, 0.25) is 0 Å². The topological polar surface area (TPSA) is 66.8 Å². The molecule has 0 aliphatic carbocycles. The van der Waals surface area contributed by atoms with Crippen LogP contribution in [0.4, 0.5) is 5.69 Å². The number of hydrogen-bond donors (Lipinski definition) is 1. The second-order valence-electron chi connectivity index (χ2n) is 5.73. The van der Waals surface area contributed by atoms with Crippen molar-refractivity contribution in [1.29, 1.82) is 0 Å². The molecule has 2 aromatic rings. The molecule has 1 amide bonds. The molecule has 24 heavy (non-hydrogen) atoms. The van der Waals surface area contributed by atoms with Crippen LogP contribution >= 0.6 is 0 Å². The first-order chi connectivity index (χ1) is 11.5. The van der Waals surface area contributed by atoms with E-state index in [0.29, 0.717) is 29.1 Å². The Morgan fingerprint density at radius 3 is 2.54 bits per heavy atom. The largest absolute Gasteiger partial charge is 0.496 e. The van der Waals surface area contributed by atoms with E-state index in [2.05, 4.69) is 0 Å². The highest BCUT2D eigenvalue weighted by atomic mass is 16.5. The van der Waals surface area contributed by atoms with E-state index in [4.69, 9.17) is 4.74 Å². The van der Waals surface area contributed by atoms with Crippen molar-refractivity contribution in [3.63, 3.8) is 0 Å². The molecule has 1 heterocycles. The van der Waals surface area contributed by atoms with Gasteiger partial charge in [-0.3, -0.25) is 9.59 Å². The van der Waals surface area contributed by atoms with Gasteiger partial charge in [0.2, 0.25) is 0 Å². The first-order valence-corrected chi connectivity index (χ1v) is 7.83. The maximum absolute atomic E-state index is 12.7. The molecular formula is C19H19NO4. The molecule has 0 saturated heterocycles. The summed E-state index contributed by atoms with van der Waals surface area (Å²) in [4.78, 5) is 27.0. The summed E-state index contributed by atoms with van der Waals surface area (Å²) in [5, 5.41) is 11.1. The highest BCUT2D eigenvalue weighted by Gasteiger charge is 2.50. The number of aliphatic hydroxyl groups is 1. The number of fused-ring (bicyclic) bond motifs is 1. The fourth-order valence-electron chi connectivity index (χ4n) is 3.19. The number of carbonyl (C=O) groups is 2. The zero-order chi connectivity index (χ0) is 17.3. The van der Waals surface area contributed by atoms with E-state index in [1.54, 1.807) is 42.5 Å². The Morgan fingerprint density at radius 1 is 1.17 bits per heavy atom. The SMILES string of the molecule is CCN1C(=O)C(O)(CC(=O)c2ccccc2OC)c2ccccc21. The van der Waals surface area contributed by atoms with Crippen molar-refractivity contribution in [2.24, 2.45) is 0 Å². The molecule has 0 bridgehead atoms. The molecular weight excluding hydrogens is 306 g/mol. The summed E-state index contributed by atoms with van der Waals surface area (Å²) in [6.45, 7) is 2.27. The summed E-state index contributed by atoms with van der Waals surface area (Å²) in [6, 6.07) is 13.8. The highest BCUT2D eigenvalue weighted by molar-refractivity contribution is 6.11. The molecule has 0 fully saturated rings. The van der Waals surface area contributed by atoms with Crippen molar-refractivity contribution >= 4 is 17.4 Å². The number of likely N-dealkylation sites (N-methyl/N-ethyl adjacent to an activating group) is 1. The first-order valence-electron chi connectivity index (χ1n) is 7.83. The van der Waals surface area contributed by atoms with Crippen molar-refractivity contribution in [2.75, 3.05) is 18.6 Å². The number of amides is 1. The van der Waals surface area contributed by atoms with Crippen LogP contribution in [0.3, 0.4) is 0 Å². The monoisotopic (exact) mass is 325 g/mol. The Kier molecular flexibility index (Phi) is 4.11. The van der Waals surface area contributed by atoms with E-state index in [1.807, 2.05) is 13.0 Å². The van der Waals surface area contributed by atoms with Crippen LogP contribution in [-0.4, -0.2) is 30.5 Å². The molecule has 1 atom stereocenters. The van der Waals surface area contributed by atoms with Crippen LogP contribution in [0, 0.1) is 0 Å². The lowest BCUT2D eigenvalue weighted by Crippen LogP contribution is -2.41. The molecule has 1 aliphatic heterocycles. The quantitative estimate of drug-likeness (QED) is 0.858. The van der Waals surface area contributed by atoms with Crippen LogP contribution in [0.1, 0.15) is 29.3 Å². The number of carbonyl (C=O) groups excluding carboxylic acids is 2. The van der Waals surface area contributed by atoms with Crippen molar-refractivity contribution < 1.29 is 19.4 Å². The van der Waals surface area contributed by atoms with Gasteiger partial charge in [0.25, 0.3) is 5.91 Å². The smallest absolute Gasteiger partial charge is 0.264 e. The van der Waals surface area contributed by atoms with E-state index in [9.17, 15) is 14.7 Å². The summed E-state index contributed by atoms with van der Waals surface area (Å²) in [5.74, 6) is -0.373. The van der Waals surface area contributed by atoms with Gasteiger partial charge in [0.05, 0.1) is 24.8 Å². The number of benzene rings is 2. The van der Waals surface area contributed by atoms with Crippen molar-refractivity contribution in [1.82, 2.24) is 0 Å². The molecule has 1 aliphatic rings. The van der Waals surface area contributed by atoms with Gasteiger partial charge < -0.3 is 14.7 Å². The number of hydrogen-bond acceptors (Lipinski definition) is 4. The summed E-state index contributed by atoms with van der Waals surface area (Å²) in [5.41, 5.74) is -0.362. The zero-order valence-corrected chi connectivity index (χ0v) is 13.7. The number of Topliss-reactive ketones (excluding diaryl/α,β-unsaturated/α-hetero) is 1. The predicted molar refractivity (Wildman–Crippen MR) is 90.3 cm³/mol. The standard InChI is InChI=1S/C19H19NO4/c1-3-20-15-10-6-5-9-14(15)19(23,18(20)22)12-16(21)13-8-4-7-11-17(13)24-2/h4-11,23H,3,12H2,1-2H3. The van der Waals surface area contributed by atoms with E-state index in [0.717, 1.165) is 0 Å². The Hall–Kier alpha value is -2.66. The minimum absolute atomic E-state index is 0.320. The van der Waals surface area contributed by atoms with Crippen molar-refractivity contribution in [2.45, 2.75) is 18.9 Å². The molecule has 1 N–H and O–H groups in total. The van der Waals surface area contributed by atoms with E-state index < -0.39 is 11.5 Å². The normalized spacial score (nSPS) is 19.3. The van der Waals surface area contributed by atoms with Gasteiger partial charge in [-0.15, -0.1) is 0 Å². The molecule has 5 heteroatoms. The third kappa shape index (κ3) is 2.37. The van der Waals surface area contributed by atoms with Gasteiger partial charge in [-0.05, 0) is 25.1 Å². The van der Waals surface area contributed by atoms with Gasteiger partial charge in [0.15, 0.2) is 11.4 Å². The molecule has 0 saturated carbocycles. The maximum atomic E-state index is 12.7. The first kappa shape index (κ1) is 16.2. The van der Waals surface area contributed by atoms with Crippen LogP contribution in [-0.2, 0) is 10.4 Å². The minimum Gasteiger partial charge on any atom is -0.496 e. The number of ketones is 1. The van der Waals surface area contributed by atoms with E-state index >= 15 is 0 Å². The van der Waals surface area contributed by atoms with Crippen LogP contribution < -0.4 is 9.64 Å². The number of rotatable bonds is 5. The summed E-state index contributed by atoms with van der Waals surface area (Å²) in [6.07, 6.45) is -0.320. The van der Waals surface area contributed by atoms with Gasteiger partial charge >= 0.3 is 0 Å². The predicted octanol–water partition coefficient (Wildman–Crippen LogP) is 2.52. The Bertz CT molecular complexity index is 801. The lowest BCUT2D eigenvalue weighted by molar-refractivity contribution is -0.135. The highest BCUT2D eigenvalue weighted by Crippen LogP contribution is 2.43. The molecule has 2 aromatic carbocycles. The summed E-state index contributed by atoms with van der Waals surface area (Å²) >= 11 is 0. The molecule has 124 valence electrons. The molecule has 3 rings (SSSR count). The van der Waals surface area contributed by atoms with Gasteiger partial charge in [-0.2, -0.15) is 0 Å². The van der Waals surface area contributed by atoms with Crippen LogP contribution in [0.25, 0.3) is 0 Å². The molecule has 1 unspecified atom stereocenters. The zero-order valence-electron chi connectivity index (χ0n) is 13.7. The van der Waals surface area contributed by atoms with E-state index in [-0.39, 0.29) is 12.2 Å². The van der Waals surface area contributed by atoms with Crippen LogP contribution in [0.15, 0.2) is 48.5 Å². The third-order valence-corrected chi connectivity index (χ3v) is 4.38. The molecule has 5 nitrogen and oxygen atoms in total. The average molecular weight is 325 g/mol. The van der Waals surface area contributed by atoms with Gasteiger partial charge in [-0.1, -0.05) is 30.3 Å². The summed E-state index contributed by atoms with van der Waals surface area (Å²) < 4.78 is 5.20. The second-order valence-corrected chi connectivity index (χ2v) is 5.73. The molecule has 0 aromatic heterocycles. The lowest BCUT2D eigenvalue weighted by Gasteiger charge is -2.22. The fourth-order valence-corrected chi connectivity index (χ4v) is 3.19. The number of anilines is 1. The number of para-hydroxylation sites is 2.